The number of hydrogen-bond donors (Lipinski definition) is 1. The summed E-state index contributed by atoms with van der Waals surface area (Å²) < 4.78 is 25.5. The van der Waals surface area contributed by atoms with Crippen LogP contribution in [0.5, 0.6) is 0 Å². The highest BCUT2D eigenvalue weighted by atomic mass is 35.5. The molecule has 0 amide bonds. The third kappa shape index (κ3) is 5.23. The Morgan fingerprint density at radius 1 is 0.853 bits per heavy atom. The molecule has 1 saturated heterocycles. The van der Waals surface area contributed by atoms with Gasteiger partial charge in [-0.1, -0.05) is 24.3 Å². The van der Waals surface area contributed by atoms with Crippen LogP contribution in [0.3, 0.4) is 0 Å². The number of aryl methyl sites for hydroxylation is 1. The average Bonchev–Trinajstić information content (AvgIpc) is 3.24. The van der Waals surface area contributed by atoms with Crippen LogP contribution in [0.1, 0.15) is 5.56 Å². The first-order valence-electron chi connectivity index (χ1n) is 10.7. The second kappa shape index (κ2) is 10.4. The van der Waals surface area contributed by atoms with Gasteiger partial charge in [-0.3, -0.25) is 0 Å². The van der Waals surface area contributed by atoms with Crippen molar-refractivity contribution in [3.05, 3.63) is 72.6 Å². The van der Waals surface area contributed by atoms with Gasteiger partial charge in [-0.2, -0.15) is 0 Å². The van der Waals surface area contributed by atoms with Crippen LogP contribution in [0.25, 0.3) is 28.0 Å². The normalized spacial score (nSPS) is 13.9. The molecule has 3 heterocycles. The van der Waals surface area contributed by atoms with Gasteiger partial charge in [0, 0.05) is 56.1 Å². The number of sulfone groups is 1. The van der Waals surface area contributed by atoms with E-state index in [-0.39, 0.29) is 24.8 Å². The second-order valence-electron chi connectivity index (χ2n) is 8.35. The van der Waals surface area contributed by atoms with Crippen molar-refractivity contribution in [1.29, 1.82) is 0 Å². The molecule has 0 spiro atoms. The summed E-state index contributed by atoms with van der Waals surface area (Å²) in [5, 5.41) is 3.39. The van der Waals surface area contributed by atoms with Crippen LogP contribution in [0, 0.1) is 6.92 Å². The summed E-state index contributed by atoms with van der Waals surface area (Å²) in [4.78, 5) is 7.51. The minimum absolute atomic E-state index is 0. The summed E-state index contributed by atoms with van der Waals surface area (Å²) in [7, 11) is -3.21. The van der Waals surface area contributed by atoms with Crippen LogP contribution in [-0.4, -0.2) is 50.2 Å². The van der Waals surface area contributed by atoms with Gasteiger partial charge in [0.05, 0.1) is 10.6 Å². The zero-order valence-electron chi connectivity index (χ0n) is 19.1. The van der Waals surface area contributed by atoms with E-state index in [1.165, 1.54) is 17.5 Å². The fraction of sp³-hybridized carbons (Fsp3) is 0.240. The predicted octanol–water partition coefficient (Wildman–Crippen LogP) is 4.63. The SMILES string of the molecule is Cc1cc(-c2ccc(N3CCNCC3)cc2)cn2cc(-c3ccc(S(C)(=O)=O)cc3)nc12.Cl.Cl. The fourth-order valence-electron chi connectivity index (χ4n) is 4.23. The van der Waals surface area contributed by atoms with Crippen LogP contribution in [0.4, 0.5) is 5.69 Å². The number of hydrogen-bond acceptors (Lipinski definition) is 5. The molecule has 180 valence electrons. The van der Waals surface area contributed by atoms with Crippen LogP contribution >= 0.6 is 24.8 Å². The molecule has 0 unspecified atom stereocenters. The summed E-state index contributed by atoms with van der Waals surface area (Å²) in [5.41, 5.74) is 7.26. The second-order valence-corrected chi connectivity index (χ2v) is 10.4. The van der Waals surface area contributed by atoms with Crippen molar-refractivity contribution in [2.24, 2.45) is 0 Å². The molecule has 4 aromatic rings. The Kier molecular flexibility index (Phi) is 7.93. The molecular weight excluding hydrogens is 491 g/mol. The van der Waals surface area contributed by atoms with Gasteiger partial charge in [0.1, 0.15) is 5.65 Å². The van der Waals surface area contributed by atoms with Gasteiger partial charge in [-0.15, -0.1) is 24.8 Å². The lowest BCUT2D eigenvalue weighted by molar-refractivity contribution is 0.589. The maximum Gasteiger partial charge on any atom is 0.175 e. The van der Waals surface area contributed by atoms with Gasteiger partial charge in [-0.05, 0) is 53.9 Å². The fourth-order valence-corrected chi connectivity index (χ4v) is 4.86. The predicted molar refractivity (Wildman–Crippen MR) is 143 cm³/mol. The van der Waals surface area contributed by atoms with Crippen LogP contribution < -0.4 is 10.2 Å². The number of imidazole rings is 1. The molecule has 0 radical (unpaired) electrons. The molecule has 5 rings (SSSR count). The van der Waals surface area contributed by atoms with Crippen molar-refractivity contribution in [2.75, 3.05) is 37.3 Å². The van der Waals surface area contributed by atoms with Crippen LogP contribution in [-0.2, 0) is 9.84 Å². The number of nitrogens with one attached hydrogen (secondary N) is 1. The van der Waals surface area contributed by atoms with Gasteiger partial charge in [0.15, 0.2) is 9.84 Å². The minimum Gasteiger partial charge on any atom is -0.369 e. The summed E-state index contributed by atoms with van der Waals surface area (Å²) >= 11 is 0. The summed E-state index contributed by atoms with van der Waals surface area (Å²) in [6.07, 6.45) is 5.31. The van der Waals surface area contributed by atoms with E-state index in [2.05, 4.69) is 58.1 Å². The van der Waals surface area contributed by atoms with Gasteiger partial charge < -0.3 is 14.6 Å². The first-order chi connectivity index (χ1) is 15.4. The monoisotopic (exact) mass is 518 g/mol. The number of benzene rings is 2. The first-order valence-corrected chi connectivity index (χ1v) is 12.6. The molecule has 2 aromatic carbocycles. The number of pyridine rings is 1. The summed E-state index contributed by atoms with van der Waals surface area (Å²) in [6, 6.07) is 17.8. The number of piperazine rings is 1. The van der Waals surface area contributed by atoms with Gasteiger partial charge in [0.2, 0.25) is 0 Å². The summed E-state index contributed by atoms with van der Waals surface area (Å²) in [6.45, 7) is 6.19. The van der Waals surface area contributed by atoms with Crippen LogP contribution in [0.15, 0.2) is 71.9 Å². The van der Waals surface area contributed by atoms with Crippen molar-refractivity contribution < 1.29 is 8.42 Å². The molecule has 34 heavy (non-hydrogen) atoms. The van der Waals surface area contributed by atoms with E-state index in [9.17, 15) is 8.42 Å². The van der Waals surface area contributed by atoms with Gasteiger partial charge in [-0.25, -0.2) is 13.4 Å². The lowest BCUT2D eigenvalue weighted by Crippen LogP contribution is -2.43. The van der Waals surface area contributed by atoms with Crippen molar-refractivity contribution in [2.45, 2.75) is 11.8 Å². The van der Waals surface area contributed by atoms with E-state index in [0.29, 0.717) is 4.90 Å². The maximum absolute atomic E-state index is 11.7. The average molecular weight is 519 g/mol. The molecule has 0 aliphatic carbocycles. The Hall–Kier alpha value is -2.58. The van der Waals surface area contributed by atoms with Crippen molar-refractivity contribution in [3.8, 4) is 22.4 Å². The molecule has 1 N–H and O–H groups in total. The molecule has 0 saturated carbocycles. The highest BCUT2D eigenvalue weighted by Gasteiger charge is 2.13. The first kappa shape index (κ1) is 26.0. The van der Waals surface area contributed by atoms with Gasteiger partial charge in [0.25, 0.3) is 0 Å². The molecule has 1 aliphatic rings. The Labute approximate surface area is 212 Å². The Bertz CT molecular complexity index is 1380. The molecule has 0 atom stereocenters. The Morgan fingerprint density at radius 2 is 1.47 bits per heavy atom. The number of halogens is 2. The zero-order valence-corrected chi connectivity index (χ0v) is 21.5. The lowest BCUT2D eigenvalue weighted by atomic mass is 10.1. The van der Waals surface area contributed by atoms with Crippen LogP contribution in [0.2, 0.25) is 0 Å². The van der Waals surface area contributed by atoms with E-state index in [4.69, 9.17) is 4.98 Å². The molecule has 6 nitrogen and oxygen atoms in total. The zero-order chi connectivity index (χ0) is 22.3. The van der Waals surface area contributed by atoms with Crippen molar-refractivity contribution >= 4 is 46.0 Å². The number of anilines is 1. The third-order valence-corrected chi connectivity index (χ3v) is 7.12. The Morgan fingerprint density at radius 3 is 2.09 bits per heavy atom. The standard InChI is InChI=1S/C25H26N4O2S.2ClH/c1-18-15-21(19-3-7-22(8-4-19)28-13-11-26-12-14-28)16-29-17-24(27-25(18)29)20-5-9-23(10-6-20)32(2,30)31;;/h3-10,15-17,26H,11-14H2,1-2H3;2*1H. The molecule has 9 heteroatoms. The molecule has 0 bridgehead atoms. The number of nitrogens with zero attached hydrogens (tertiary/aromatic N) is 3. The quantitative estimate of drug-likeness (QED) is 0.426. The van der Waals surface area contributed by atoms with E-state index in [1.807, 2.05) is 18.3 Å². The topological polar surface area (TPSA) is 66.7 Å². The largest absolute Gasteiger partial charge is 0.369 e. The lowest BCUT2D eigenvalue weighted by Gasteiger charge is -2.29. The number of fused-ring (bicyclic) bond motifs is 1. The third-order valence-electron chi connectivity index (χ3n) is 6.00. The highest BCUT2D eigenvalue weighted by Crippen LogP contribution is 2.28. The highest BCUT2D eigenvalue weighted by molar-refractivity contribution is 7.90. The van der Waals surface area contributed by atoms with Crippen molar-refractivity contribution in [1.82, 2.24) is 14.7 Å². The smallest absolute Gasteiger partial charge is 0.175 e. The maximum atomic E-state index is 11.7. The Balaban J connectivity index is 0.00000162. The van der Waals surface area contributed by atoms with E-state index >= 15 is 0 Å². The number of rotatable bonds is 4. The minimum atomic E-state index is -3.21. The van der Waals surface area contributed by atoms with E-state index < -0.39 is 9.84 Å². The molecule has 1 fully saturated rings. The summed E-state index contributed by atoms with van der Waals surface area (Å²) in [5.74, 6) is 0. The molecular formula is C25H28Cl2N4O2S. The molecule has 1 aliphatic heterocycles. The van der Waals surface area contributed by atoms with E-state index in [1.54, 1.807) is 12.1 Å². The molecule has 2 aromatic heterocycles. The van der Waals surface area contributed by atoms with E-state index in [0.717, 1.165) is 54.2 Å². The van der Waals surface area contributed by atoms with Crippen molar-refractivity contribution in [3.63, 3.8) is 0 Å². The van der Waals surface area contributed by atoms with Gasteiger partial charge >= 0.3 is 0 Å². The number of aromatic nitrogens is 2.